The highest BCUT2D eigenvalue weighted by molar-refractivity contribution is 6.07. The van der Waals surface area contributed by atoms with Crippen molar-refractivity contribution in [1.29, 1.82) is 0 Å². The first-order valence-electron chi connectivity index (χ1n) is 8.37. The fraction of sp³-hybridized carbons (Fsp3) is 0.421. The Labute approximate surface area is 141 Å². The Bertz CT molecular complexity index is 810. The van der Waals surface area contributed by atoms with Crippen molar-refractivity contribution >= 4 is 22.8 Å². The molecule has 1 aromatic carbocycles. The predicted octanol–water partition coefficient (Wildman–Crippen LogP) is 3.32. The van der Waals surface area contributed by atoms with Gasteiger partial charge in [-0.15, -0.1) is 0 Å². The Morgan fingerprint density at radius 1 is 1.25 bits per heavy atom. The van der Waals surface area contributed by atoms with Gasteiger partial charge in [0.05, 0.1) is 11.1 Å². The third-order valence-corrected chi connectivity index (χ3v) is 4.36. The third-order valence-electron chi connectivity index (χ3n) is 4.36. The minimum Gasteiger partial charge on any atom is -0.481 e. The fourth-order valence-electron chi connectivity index (χ4n) is 3.01. The van der Waals surface area contributed by atoms with Crippen LogP contribution in [0.2, 0.25) is 0 Å². The number of hydrogen-bond acceptors (Lipinski definition) is 3. The van der Waals surface area contributed by atoms with E-state index in [9.17, 15) is 9.59 Å². The Balaban J connectivity index is 1.92. The fourth-order valence-corrected chi connectivity index (χ4v) is 3.01. The lowest BCUT2D eigenvalue weighted by Gasteiger charge is -2.12. The smallest absolute Gasteiger partial charge is 0.303 e. The molecule has 1 amide bonds. The zero-order chi connectivity index (χ0) is 17.3. The summed E-state index contributed by atoms with van der Waals surface area (Å²) in [6.45, 7) is 4.39. The van der Waals surface area contributed by atoms with Crippen molar-refractivity contribution in [1.82, 2.24) is 10.3 Å². The van der Waals surface area contributed by atoms with Crippen molar-refractivity contribution in [2.75, 3.05) is 6.54 Å². The Morgan fingerprint density at radius 2 is 2.00 bits per heavy atom. The molecule has 1 fully saturated rings. The molecule has 2 aromatic rings. The van der Waals surface area contributed by atoms with Gasteiger partial charge >= 0.3 is 5.97 Å². The van der Waals surface area contributed by atoms with E-state index in [1.165, 1.54) is 0 Å². The summed E-state index contributed by atoms with van der Waals surface area (Å²) in [7, 11) is 0. The van der Waals surface area contributed by atoms with E-state index in [-0.39, 0.29) is 12.3 Å². The van der Waals surface area contributed by atoms with Gasteiger partial charge in [0, 0.05) is 30.0 Å². The molecule has 126 valence electrons. The average molecular weight is 326 g/mol. The first kappa shape index (κ1) is 16.4. The number of carboxylic acids is 1. The van der Waals surface area contributed by atoms with Crippen molar-refractivity contribution in [3.05, 3.63) is 40.6 Å². The maximum absolute atomic E-state index is 12.6. The van der Waals surface area contributed by atoms with Gasteiger partial charge in [0.2, 0.25) is 0 Å². The summed E-state index contributed by atoms with van der Waals surface area (Å²) in [6.07, 6.45) is 2.74. The molecule has 1 heterocycles. The maximum Gasteiger partial charge on any atom is 0.303 e. The number of aromatic nitrogens is 1. The highest BCUT2D eigenvalue weighted by Gasteiger charge is 2.27. The van der Waals surface area contributed by atoms with Gasteiger partial charge < -0.3 is 10.4 Å². The number of amides is 1. The van der Waals surface area contributed by atoms with Gasteiger partial charge in [0.1, 0.15) is 0 Å². The monoisotopic (exact) mass is 326 g/mol. The number of pyridine rings is 1. The SMILES string of the molecule is Cc1cc(C)c2nc(C3CC3)cc(C(=O)NCCCC(=O)O)c2c1. The van der Waals surface area contributed by atoms with E-state index in [2.05, 4.69) is 11.4 Å². The summed E-state index contributed by atoms with van der Waals surface area (Å²) in [4.78, 5) is 28.0. The zero-order valence-corrected chi connectivity index (χ0v) is 14.1. The van der Waals surface area contributed by atoms with Gasteiger partial charge in [0.15, 0.2) is 0 Å². The van der Waals surface area contributed by atoms with Crippen molar-refractivity contribution in [2.45, 2.75) is 45.4 Å². The van der Waals surface area contributed by atoms with Crippen LogP contribution in [0.3, 0.4) is 0 Å². The summed E-state index contributed by atoms with van der Waals surface area (Å²) in [5.74, 6) is -0.533. The second-order valence-electron chi connectivity index (χ2n) is 6.60. The van der Waals surface area contributed by atoms with Gasteiger partial charge in [-0.2, -0.15) is 0 Å². The number of hydrogen-bond donors (Lipinski definition) is 2. The van der Waals surface area contributed by atoms with Crippen molar-refractivity contribution in [2.24, 2.45) is 0 Å². The summed E-state index contributed by atoms with van der Waals surface area (Å²) in [5.41, 5.74) is 4.70. The molecule has 0 saturated heterocycles. The van der Waals surface area contributed by atoms with Gasteiger partial charge in [-0.3, -0.25) is 14.6 Å². The molecule has 0 aliphatic heterocycles. The average Bonchev–Trinajstić information content (AvgIpc) is 3.35. The molecule has 1 aromatic heterocycles. The molecule has 3 rings (SSSR count). The summed E-state index contributed by atoms with van der Waals surface area (Å²) in [5, 5.41) is 12.4. The second-order valence-corrected chi connectivity index (χ2v) is 6.60. The van der Waals surface area contributed by atoms with Crippen LogP contribution < -0.4 is 5.32 Å². The highest BCUT2D eigenvalue weighted by Crippen LogP contribution is 2.40. The number of fused-ring (bicyclic) bond motifs is 1. The summed E-state index contributed by atoms with van der Waals surface area (Å²) < 4.78 is 0. The van der Waals surface area contributed by atoms with E-state index in [1.807, 2.05) is 26.0 Å². The highest BCUT2D eigenvalue weighted by atomic mass is 16.4. The van der Waals surface area contributed by atoms with Crippen LogP contribution in [0.5, 0.6) is 0 Å². The standard InChI is InChI=1S/C19H22N2O3/c1-11-8-12(2)18-14(9-11)15(10-16(21-18)13-5-6-13)19(24)20-7-3-4-17(22)23/h8-10,13H,3-7H2,1-2H3,(H,20,24)(H,22,23). The number of carboxylic acid groups (broad SMARTS) is 1. The van der Waals surface area contributed by atoms with Gasteiger partial charge in [-0.1, -0.05) is 11.6 Å². The first-order valence-corrected chi connectivity index (χ1v) is 8.37. The Morgan fingerprint density at radius 3 is 2.67 bits per heavy atom. The molecule has 0 atom stereocenters. The molecule has 24 heavy (non-hydrogen) atoms. The zero-order valence-electron chi connectivity index (χ0n) is 14.1. The summed E-state index contributed by atoms with van der Waals surface area (Å²) >= 11 is 0. The van der Waals surface area contributed by atoms with Crippen LogP contribution in [0.1, 0.15) is 58.8 Å². The quantitative estimate of drug-likeness (QED) is 0.798. The minimum atomic E-state index is -0.846. The van der Waals surface area contributed by atoms with Crippen LogP contribution in [0.25, 0.3) is 10.9 Å². The lowest BCUT2D eigenvalue weighted by molar-refractivity contribution is -0.137. The first-order chi connectivity index (χ1) is 11.5. The van der Waals surface area contributed by atoms with Crippen molar-refractivity contribution in [3.63, 3.8) is 0 Å². The van der Waals surface area contributed by atoms with Crippen LogP contribution in [0.4, 0.5) is 0 Å². The number of carbonyl (C=O) groups excluding carboxylic acids is 1. The molecular formula is C19H22N2O3. The van der Waals surface area contributed by atoms with Gasteiger partial charge in [-0.05, 0) is 50.8 Å². The van der Waals surface area contributed by atoms with E-state index < -0.39 is 5.97 Å². The van der Waals surface area contributed by atoms with Crippen LogP contribution in [-0.2, 0) is 4.79 Å². The van der Waals surface area contributed by atoms with E-state index in [0.717, 1.165) is 40.6 Å². The van der Waals surface area contributed by atoms with E-state index in [0.29, 0.717) is 24.4 Å². The van der Waals surface area contributed by atoms with Crippen molar-refractivity contribution < 1.29 is 14.7 Å². The third kappa shape index (κ3) is 3.55. The number of aliphatic carboxylic acids is 1. The molecule has 0 bridgehead atoms. The molecule has 1 aliphatic rings. The molecule has 1 aliphatic carbocycles. The van der Waals surface area contributed by atoms with Crippen LogP contribution in [0, 0.1) is 13.8 Å². The number of benzene rings is 1. The Kier molecular flexibility index (Phi) is 4.51. The van der Waals surface area contributed by atoms with Gasteiger partial charge in [-0.25, -0.2) is 0 Å². The van der Waals surface area contributed by atoms with Crippen LogP contribution >= 0.6 is 0 Å². The largest absolute Gasteiger partial charge is 0.481 e. The second kappa shape index (κ2) is 6.59. The van der Waals surface area contributed by atoms with Crippen LogP contribution in [0.15, 0.2) is 18.2 Å². The molecule has 5 nitrogen and oxygen atoms in total. The molecule has 0 unspecified atom stereocenters. The molecule has 0 radical (unpaired) electrons. The number of rotatable bonds is 6. The Hall–Kier alpha value is -2.43. The molecule has 2 N–H and O–H groups in total. The maximum atomic E-state index is 12.6. The lowest BCUT2D eigenvalue weighted by Crippen LogP contribution is -2.25. The number of carbonyl (C=O) groups is 2. The normalized spacial score (nSPS) is 13.9. The lowest BCUT2D eigenvalue weighted by atomic mass is 10.00. The van der Waals surface area contributed by atoms with Gasteiger partial charge in [0.25, 0.3) is 5.91 Å². The van der Waals surface area contributed by atoms with Crippen molar-refractivity contribution in [3.8, 4) is 0 Å². The number of aryl methyl sites for hydroxylation is 2. The molecular weight excluding hydrogens is 304 g/mol. The minimum absolute atomic E-state index is 0.0584. The van der Waals surface area contributed by atoms with E-state index >= 15 is 0 Å². The predicted molar refractivity (Wildman–Crippen MR) is 92.4 cm³/mol. The number of nitrogens with one attached hydrogen (secondary N) is 1. The molecule has 1 saturated carbocycles. The summed E-state index contributed by atoms with van der Waals surface area (Å²) in [6, 6.07) is 5.99. The van der Waals surface area contributed by atoms with E-state index in [4.69, 9.17) is 10.1 Å². The molecule has 0 spiro atoms. The topological polar surface area (TPSA) is 79.3 Å². The number of nitrogens with zero attached hydrogens (tertiary/aromatic N) is 1. The van der Waals surface area contributed by atoms with E-state index in [1.54, 1.807) is 0 Å². The van der Waals surface area contributed by atoms with Crippen LogP contribution in [-0.4, -0.2) is 28.5 Å². The molecule has 5 heteroatoms.